The molecule has 1 heterocycles. The first-order valence-electron chi connectivity index (χ1n) is 6.10. The van der Waals surface area contributed by atoms with Crippen LogP contribution in [0.4, 0.5) is 5.69 Å². The van der Waals surface area contributed by atoms with Crippen molar-refractivity contribution in [2.75, 3.05) is 24.6 Å². The maximum Gasteiger partial charge on any atom is 0.0523 e. The van der Waals surface area contributed by atoms with Crippen LogP contribution in [0.2, 0.25) is 0 Å². The van der Waals surface area contributed by atoms with Crippen molar-refractivity contribution in [1.29, 1.82) is 0 Å². The van der Waals surface area contributed by atoms with Crippen LogP contribution < -0.4 is 4.90 Å². The summed E-state index contributed by atoms with van der Waals surface area (Å²) in [4.78, 5) is 2.44. The zero-order valence-electron chi connectivity index (χ0n) is 10.2. The number of anilines is 1. The van der Waals surface area contributed by atoms with Crippen LogP contribution in [0.15, 0.2) is 24.3 Å². The first-order valence-corrected chi connectivity index (χ1v) is 6.10. The number of aliphatic hydroxyl groups is 1. The fourth-order valence-corrected chi connectivity index (χ4v) is 2.36. The highest BCUT2D eigenvalue weighted by molar-refractivity contribution is 5.57. The van der Waals surface area contributed by atoms with Crippen LogP contribution in [-0.4, -0.2) is 24.8 Å². The molecule has 88 valence electrons. The molecule has 2 heteroatoms. The molecule has 1 N–H and O–H groups in total. The Balaban J connectivity index is 2.37. The molecule has 1 aliphatic heterocycles. The first kappa shape index (κ1) is 11.5. The number of hydrogen-bond donors (Lipinski definition) is 1. The Morgan fingerprint density at radius 3 is 2.44 bits per heavy atom. The summed E-state index contributed by atoms with van der Waals surface area (Å²) in [6.45, 7) is 6.69. The molecule has 1 aromatic carbocycles. The Labute approximate surface area is 97.9 Å². The second-order valence-corrected chi connectivity index (χ2v) is 5.25. The zero-order chi connectivity index (χ0) is 11.6. The Bertz CT molecular complexity index is 354. The fourth-order valence-electron chi connectivity index (χ4n) is 2.36. The largest absolute Gasteiger partial charge is 0.395 e. The Kier molecular flexibility index (Phi) is 3.20. The summed E-state index contributed by atoms with van der Waals surface area (Å²) in [5, 5.41) is 9.50. The van der Waals surface area contributed by atoms with Crippen molar-refractivity contribution in [3.63, 3.8) is 0 Å². The molecule has 0 saturated carbocycles. The van der Waals surface area contributed by atoms with Gasteiger partial charge in [0.25, 0.3) is 0 Å². The third kappa shape index (κ3) is 2.07. The van der Waals surface area contributed by atoms with E-state index >= 15 is 0 Å². The van der Waals surface area contributed by atoms with Gasteiger partial charge in [0.15, 0.2) is 0 Å². The molecule has 0 radical (unpaired) electrons. The van der Waals surface area contributed by atoms with Gasteiger partial charge < -0.3 is 10.0 Å². The molecule has 1 aromatic rings. The Hall–Kier alpha value is -1.02. The number of nitrogens with zero attached hydrogens (tertiary/aromatic N) is 1. The SMILES string of the molecule is CC(C)(CO)c1ccccc1N1CCCC1. The predicted octanol–water partition coefficient (Wildman–Crippen LogP) is 2.56. The van der Waals surface area contributed by atoms with E-state index in [9.17, 15) is 5.11 Å². The fraction of sp³-hybridized carbons (Fsp3) is 0.571. The van der Waals surface area contributed by atoms with Crippen molar-refractivity contribution in [3.8, 4) is 0 Å². The molecule has 1 saturated heterocycles. The molecule has 0 bridgehead atoms. The van der Waals surface area contributed by atoms with Crippen LogP contribution in [0, 0.1) is 0 Å². The van der Waals surface area contributed by atoms with Gasteiger partial charge in [-0.05, 0) is 24.5 Å². The minimum absolute atomic E-state index is 0.154. The van der Waals surface area contributed by atoms with E-state index in [2.05, 4.69) is 43.0 Å². The van der Waals surface area contributed by atoms with Gasteiger partial charge in [-0.2, -0.15) is 0 Å². The van der Waals surface area contributed by atoms with Crippen molar-refractivity contribution in [2.24, 2.45) is 0 Å². The van der Waals surface area contributed by atoms with Crippen LogP contribution in [0.3, 0.4) is 0 Å². The lowest BCUT2D eigenvalue weighted by Gasteiger charge is -2.29. The molecule has 0 aliphatic carbocycles. The lowest BCUT2D eigenvalue weighted by Crippen LogP contribution is -2.27. The summed E-state index contributed by atoms with van der Waals surface area (Å²) in [6, 6.07) is 8.47. The second-order valence-electron chi connectivity index (χ2n) is 5.25. The highest BCUT2D eigenvalue weighted by Gasteiger charge is 2.25. The van der Waals surface area contributed by atoms with E-state index in [0.717, 1.165) is 13.1 Å². The van der Waals surface area contributed by atoms with Crippen LogP contribution >= 0.6 is 0 Å². The van der Waals surface area contributed by atoms with E-state index in [1.807, 2.05) is 0 Å². The highest BCUT2D eigenvalue weighted by Crippen LogP contribution is 2.33. The van der Waals surface area contributed by atoms with Crippen molar-refractivity contribution in [3.05, 3.63) is 29.8 Å². The second kappa shape index (κ2) is 4.46. The van der Waals surface area contributed by atoms with E-state index in [1.54, 1.807) is 0 Å². The Morgan fingerprint density at radius 2 is 1.81 bits per heavy atom. The molecule has 0 amide bonds. The number of benzene rings is 1. The molecule has 2 nitrogen and oxygen atoms in total. The van der Waals surface area contributed by atoms with E-state index < -0.39 is 0 Å². The summed E-state index contributed by atoms with van der Waals surface area (Å²) in [7, 11) is 0. The van der Waals surface area contributed by atoms with Gasteiger partial charge in [0, 0.05) is 24.2 Å². The molecule has 1 fully saturated rings. The molecule has 0 aromatic heterocycles. The number of aliphatic hydroxyl groups excluding tert-OH is 1. The van der Waals surface area contributed by atoms with Crippen LogP contribution in [0.1, 0.15) is 32.3 Å². The maximum absolute atomic E-state index is 9.50. The van der Waals surface area contributed by atoms with E-state index in [0.29, 0.717) is 0 Å². The molecular formula is C14H21NO. The van der Waals surface area contributed by atoms with Gasteiger partial charge in [0.1, 0.15) is 0 Å². The smallest absolute Gasteiger partial charge is 0.0523 e. The van der Waals surface area contributed by atoms with E-state index in [1.165, 1.54) is 24.1 Å². The quantitative estimate of drug-likeness (QED) is 0.844. The number of para-hydroxylation sites is 1. The van der Waals surface area contributed by atoms with Gasteiger partial charge in [0.05, 0.1) is 6.61 Å². The van der Waals surface area contributed by atoms with Crippen LogP contribution in [0.25, 0.3) is 0 Å². The first-order chi connectivity index (χ1) is 7.65. The molecule has 16 heavy (non-hydrogen) atoms. The van der Waals surface area contributed by atoms with Crippen molar-refractivity contribution >= 4 is 5.69 Å². The molecule has 0 spiro atoms. The van der Waals surface area contributed by atoms with Crippen molar-refractivity contribution < 1.29 is 5.11 Å². The van der Waals surface area contributed by atoms with Gasteiger partial charge in [-0.1, -0.05) is 32.0 Å². The van der Waals surface area contributed by atoms with Gasteiger partial charge >= 0.3 is 0 Å². The average molecular weight is 219 g/mol. The Morgan fingerprint density at radius 1 is 1.19 bits per heavy atom. The minimum atomic E-state index is -0.154. The maximum atomic E-state index is 9.50. The zero-order valence-corrected chi connectivity index (χ0v) is 10.2. The summed E-state index contributed by atoms with van der Waals surface area (Å²) < 4.78 is 0. The number of rotatable bonds is 3. The minimum Gasteiger partial charge on any atom is -0.395 e. The van der Waals surface area contributed by atoms with Crippen LogP contribution in [-0.2, 0) is 5.41 Å². The molecule has 0 unspecified atom stereocenters. The van der Waals surface area contributed by atoms with Gasteiger partial charge in [0.2, 0.25) is 0 Å². The molecule has 0 atom stereocenters. The average Bonchev–Trinajstić information content (AvgIpc) is 2.82. The summed E-state index contributed by atoms with van der Waals surface area (Å²) in [6.07, 6.45) is 2.57. The van der Waals surface area contributed by atoms with Gasteiger partial charge in [-0.25, -0.2) is 0 Å². The van der Waals surface area contributed by atoms with E-state index in [4.69, 9.17) is 0 Å². The van der Waals surface area contributed by atoms with Gasteiger partial charge in [-0.3, -0.25) is 0 Å². The molecule has 1 aliphatic rings. The van der Waals surface area contributed by atoms with Crippen LogP contribution in [0.5, 0.6) is 0 Å². The highest BCUT2D eigenvalue weighted by atomic mass is 16.3. The van der Waals surface area contributed by atoms with Gasteiger partial charge in [-0.15, -0.1) is 0 Å². The molecule has 2 rings (SSSR count). The predicted molar refractivity (Wildman–Crippen MR) is 68.0 cm³/mol. The van der Waals surface area contributed by atoms with Crippen molar-refractivity contribution in [1.82, 2.24) is 0 Å². The monoisotopic (exact) mass is 219 g/mol. The number of hydrogen-bond acceptors (Lipinski definition) is 2. The standard InChI is InChI=1S/C14H21NO/c1-14(2,11-16)12-7-3-4-8-13(12)15-9-5-6-10-15/h3-4,7-8,16H,5-6,9-11H2,1-2H3. The lowest BCUT2D eigenvalue weighted by molar-refractivity contribution is 0.218. The topological polar surface area (TPSA) is 23.5 Å². The summed E-state index contributed by atoms with van der Waals surface area (Å²) >= 11 is 0. The normalized spacial score (nSPS) is 16.8. The van der Waals surface area contributed by atoms with E-state index in [-0.39, 0.29) is 12.0 Å². The third-order valence-corrected chi connectivity index (χ3v) is 3.48. The summed E-state index contributed by atoms with van der Waals surface area (Å²) in [5.74, 6) is 0. The molecular weight excluding hydrogens is 198 g/mol. The van der Waals surface area contributed by atoms with Crippen molar-refractivity contribution in [2.45, 2.75) is 32.1 Å². The lowest BCUT2D eigenvalue weighted by atomic mass is 9.84. The summed E-state index contributed by atoms with van der Waals surface area (Å²) in [5.41, 5.74) is 2.41. The third-order valence-electron chi connectivity index (χ3n) is 3.48.